The standard InChI is InChI=1S/C52H40N4/c53-50(37-19-7-2-8-20-37)55-51(54-35-36-17-5-1-6-18-36)38-29-31-41(32-30-38)56-46-28-16-14-26-43(46)49-47(56)34-33-45-48(49)42-25-13-15-27-44(42)52(45,39-21-9-3-10-22-39)40-23-11-4-12-24-40/h1-34,51,54H,35H2,(H2,53,55). The van der Waals surface area contributed by atoms with Gasteiger partial charge in [-0.3, -0.25) is 5.32 Å². The number of nitrogens with two attached hydrogens (primary N) is 1. The maximum atomic E-state index is 6.61. The Labute approximate surface area is 327 Å². The first kappa shape index (κ1) is 33.6. The molecule has 0 bridgehead atoms. The van der Waals surface area contributed by atoms with Crippen LogP contribution in [0.4, 0.5) is 0 Å². The summed E-state index contributed by atoms with van der Waals surface area (Å²) in [5.41, 5.74) is 20.4. The molecule has 1 unspecified atom stereocenters. The monoisotopic (exact) mass is 720 g/mol. The normalized spacial score (nSPS) is 13.8. The Morgan fingerprint density at radius 1 is 0.554 bits per heavy atom. The van der Waals surface area contributed by atoms with Crippen LogP contribution in [0.5, 0.6) is 0 Å². The van der Waals surface area contributed by atoms with Gasteiger partial charge in [0.25, 0.3) is 0 Å². The van der Waals surface area contributed by atoms with Gasteiger partial charge in [0.2, 0.25) is 0 Å². The average Bonchev–Trinajstić information content (AvgIpc) is 3.77. The van der Waals surface area contributed by atoms with Crippen LogP contribution in [0.2, 0.25) is 0 Å². The van der Waals surface area contributed by atoms with Crippen LogP contribution in [0.25, 0.3) is 38.6 Å². The van der Waals surface area contributed by atoms with Crippen molar-refractivity contribution in [3.05, 3.63) is 245 Å². The van der Waals surface area contributed by atoms with Crippen molar-refractivity contribution < 1.29 is 0 Å². The maximum absolute atomic E-state index is 6.61. The highest BCUT2D eigenvalue weighted by molar-refractivity contribution is 6.18. The van der Waals surface area contributed by atoms with E-state index in [-0.39, 0.29) is 6.17 Å². The molecule has 0 saturated heterocycles. The molecule has 0 amide bonds. The van der Waals surface area contributed by atoms with Crippen LogP contribution in [0.15, 0.2) is 211 Å². The van der Waals surface area contributed by atoms with Gasteiger partial charge in [-0.2, -0.15) is 0 Å². The molecule has 0 saturated carbocycles. The third-order valence-corrected chi connectivity index (χ3v) is 11.4. The Bertz CT molecular complexity index is 2800. The quantitative estimate of drug-likeness (QED) is 0.115. The summed E-state index contributed by atoms with van der Waals surface area (Å²) in [6.45, 7) is 0.658. The number of aromatic nitrogens is 1. The average molecular weight is 721 g/mol. The Hall–Kier alpha value is -7.01. The molecular formula is C52H40N4. The molecule has 8 aromatic carbocycles. The van der Waals surface area contributed by atoms with E-state index in [0.717, 1.165) is 16.8 Å². The van der Waals surface area contributed by atoms with Crippen molar-refractivity contribution in [2.24, 2.45) is 10.7 Å². The number of hydrogen-bond acceptors (Lipinski definition) is 2. The molecule has 4 nitrogen and oxygen atoms in total. The van der Waals surface area contributed by atoms with Gasteiger partial charge in [-0.25, -0.2) is 4.99 Å². The maximum Gasteiger partial charge on any atom is 0.128 e. The molecule has 0 fully saturated rings. The third-order valence-electron chi connectivity index (χ3n) is 11.4. The number of hydrogen-bond donors (Lipinski definition) is 2. The summed E-state index contributed by atoms with van der Waals surface area (Å²) in [6.07, 6.45) is -0.341. The van der Waals surface area contributed by atoms with Gasteiger partial charge in [-0.1, -0.05) is 182 Å². The molecule has 1 atom stereocenters. The number of nitrogens with zero attached hydrogens (tertiary/aromatic N) is 2. The van der Waals surface area contributed by atoms with E-state index in [0.29, 0.717) is 12.4 Å². The Kier molecular flexibility index (Phi) is 8.39. The van der Waals surface area contributed by atoms with Crippen molar-refractivity contribution >= 4 is 27.6 Å². The van der Waals surface area contributed by atoms with Gasteiger partial charge in [-0.15, -0.1) is 0 Å². The van der Waals surface area contributed by atoms with E-state index in [1.807, 2.05) is 36.4 Å². The molecule has 56 heavy (non-hydrogen) atoms. The zero-order valence-electron chi connectivity index (χ0n) is 30.9. The number of fused-ring (bicyclic) bond motifs is 7. The highest BCUT2D eigenvalue weighted by atomic mass is 15.1. The molecule has 0 spiro atoms. The van der Waals surface area contributed by atoms with Gasteiger partial charge < -0.3 is 10.3 Å². The van der Waals surface area contributed by atoms with Crippen LogP contribution >= 0.6 is 0 Å². The van der Waals surface area contributed by atoms with E-state index in [9.17, 15) is 0 Å². The Morgan fingerprint density at radius 3 is 1.84 bits per heavy atom. The van der Waals surface area contributed by atoms with Crippen molar-refractivity contribution in [2.45, 2.75) is 18.1 Å². The lowest BCUT2D eigenvalue weighted by atomic mass is 9.67. The van der Waals surface area contributed by atoms with E-state index in [1.165, 1.54) is 60.8 Å². The van der Waals surface area contributed by atoms with Crippen LogP contribution in [0.3, 0.4) is 0 Å². The van der Waals surface area contributed by atoms with E-state index in [1.54, 1.807) is 0 Å². The van der Waals surface area contributed by atoms with Crippen LogP contribution in [-0.2, 0) is 12.0 Å². The van der Waals surface area contributed by atoms with Crippen LogP contribution in [0, 0.1) is 0 Å². The summed E-state index contributed by atoms with van der Waals surface area (Å²) in [5.74, 6) is 0.499. The lowest BCUT2D eigenvalue weighted by molar-refractivity contribution is 0.554. The molecule has 268 valence electrons. The fourth-order valence-corrected chi connectivity index (χ4v) is 8.95. The second kappa shape index (κ2) is 14.0. The summed E-state index contributed by atoms with van der Waals surface area (Å²) in [7, 11) is 0. The van der Waals surface area contributed by atoms with Crippen molar-refractivity contribution in [3.63, 3.8) is 0 Å². The molecule has 0 aliphatic heterocycles. The zero-order valence-corrected chi connectivity index (χ0v) is 30.9. The molecule has 0 radical (unpaired) electrons. The first-order valence-electron chi connectivity index (χ1n) is 19.3. The predicted molar refractivity (Wildman–Crippen MR) is 231 cm³/mol. The van der Waals surface area contributed by atoms with Gasteiger partial charge in [0, 0.05) is 28.6 Å². The Morgan fingerprint density at radius 2 is 1.14 bits per heavy atom. The molecule has 3 N–H and O–H groups in total. The number of para-hydroxylation sites is 1. The largest absolute Gasteiger partial charge is 0.383 e. The summed E-state index contributed by atoms with van der Waals surface area (Å²) in [5, 5.41) is 6.17. The highest BCUT2D eigenvalue weighted by Gasteiger charge is 2.47. The molecular weight excluding hydrogens is 681 g/mol. The van der Waals surface area contributed by atoms with E-state index in [2.05, 4.69) is 180 Å². The molecule has 1 aromatic heterocycles. The van der Waals surface area contributed by atoms with E-state index < -0.39 is 5.41 Å². The molecule has 1 heterocycles. The minimum atomic E-state index is -0.461. The molecule has 1 aliphatic rings. The van der Waals surface area contributed by atoms with Crippen molar-refractivity contribution in [1.29, 1.82) is 0 Å². The molecule has 10 rings (SSSR count). The SMILES string of the molecule is NC(=NC(NCc1ccccc1)c1ccc(-n2c3ccccc3c3c4c(ccc32)C(c2ccccc2)(c2ccccc2)c2ccccc2-4)cc1)c1ccccc1. The van der Waals surface area contributed by atoms with Crippen LogP contribution < -0.4 is 11.1 Å². The van der Waals surface area contributed by atoms with Gasteiger partial charge in [0.15, 0.2) is 0 Å². The number of rotatable bonds is 9. The fraction of sp³-hybridized carbons (Fsp3) is 0.0577. The topological polar surface area (TPSA) is 55.3 Å². The summed E-state index contributed by atoms with van der Waals surface area (Å²) in [6, 6.07) is 73.7. The van der Waals surface area contributed by atoms with Crippen molar-refractivity contribution in [1.82, 2.24) is 9.88 Å². The minimum Gasteiger partial charge on any atom is -0.383 e. The lowest BCUT2D eigenvalue weighted by Gasteiger charge is -2.33. The molecule has 1 aliphatic carbocycles. The van der Waals surface area contributed by atoms with Crippen molar-refractivity contribution in [2.75, 3.05) is 0 Å². The van der Waals surface area contributed by atoms with Gasteiger partial charge in [0.1, 0.15) is 12.0 Å². The smallest absolute Gasteiger partial charge is 0.128 e. The number of benzene rings is 8. The summed E-state index contributed by atoms with van der Waals surface area (Å²) < 4.78 is 2.41. The van der Waals surface area contributed by atoms with Crippen LogP contribution in [0.1, 0.15) is 45.1 Å². The Balaban J connectivity index is 1.14. The van der Waals surface area contributed by atoms with Gasteiger partial charge >= 0.3 is 0 Å². The van der Waals surface area contributed by atoms with Gasteiger partial charge in [0.05, 0.1) is 16.4 Å². The fourth-order valence-electron chi connectivity index (χ4n) is 8.95. The zero-order chi connectivity index (χ0) is 37.5. The summed E-state index contributed by atoms with van der Waals surface area (Å²) >= 11 is 0. The van der Waals surface area contributed by atoms with Crippen molar-refractivity contribution in [3.8, 4) is 16.8 Å². The minimum absolute atomic E-state index is 0.341. The first-order valence-corrected chi connectivity index (χ1v) is 19.3. The van der Waals surface area contributed by atoms with E-state index in [4.69, 9.17) is 10.7 Å². The highest BCUT2D eigenvalue weighted by Crippen LogP contribution is 2.58. The van der Waals surface area contributed by atoms with Crippen LogP contribution in [-0.4, -0.2) is 10.4 Å². The number of nitrogens with one attached hydrogen (secondary N) is 1. The van der Waals surface area contributed by atoms with E-state index >= 15 is 0 Å². The second-order valence-electron chi connectivity index (χ2n) is 14.5. The summed E-state index contributed by atoms with van der Waals surface area (Å²) in [4.78, 5) is 5.03. The van der Waals surface area contributed by atoms with Gasteiger partial charge in [-0.05, 0) is 68.8 Å². The lowest BCUT2D eigenvalue weighted by Crippen LogP contribution is -2.28. The predicted octanol–water partition coefficient (Wildman–Crippen LogP) is 11.3. The second-order valence-corrected chi connectivity index (χ2v) is 14.5. The third kappa shape index (κ3) is 5.45. The number of amidine groups is 1. The molecule has 4 heteroatoms. The number of aliphatic imine (C=N–C) groups is 1. The molecule has 9 aromatic rings. The first-order chi connectivity index (χ1) is 27.7.